The van der Waals surface area contributed by atoms with Crippen LogP contribution in [0.3, 0.4) is 0 Å². The Labute approximate surface area is 173 Å². The highest BCUT2D eigenvalue weighted by Crippen LogP contribution is 2.38. The van der Waals surface area contributed by atoms with Gasteiger partial charge in [0.25, 0.3) is 0 Å². The minimum Gasteiger partial charge on any atom is -0.361 e. The van der Waals surface area contributed by atoms with Gasteiger partial charge in [0, 0.05) is 49.2 Å². The summed E-state index contributed by atoms with van der Waals surface area (Å²) in [7, 11) is 0. The van der Waals surface area contributed by atoms with Gasteiger partial charge < -0.3 is 9.42 Å². The van der Waals surface area contributed by atoms with Gasteiger partial charge in [-0.2, -0.15) is 0 Å². The molecule has 29 heavy (non-hydrogen) atoms. The molecule has 0 unspecified atom stereocenters. The molecule has 148 valence electrons. The van der Waals surface area contributed by atoms with E-state index < -0.39 is 0 Å². The van der Waals surface area contributed by atoms with Crippen molar-refractivity contribution in [3.8, 4) is 11.1 Å². The largest absolute Gasteiger partial charge is 0.361 e. The lowest BCUT2D eigenvalue weighted by molar-refractivity contribution is 0.247. The average molecular weight is 406 g/mol. The Kier molecular flexibility index (Phi) is 4.77. The Balaban J connectivity index is 1.39. The summed E-state index contributed by atoms with van der Waals surface area (Å²) in [6, 6.07) is 10.5. The lowest BCUT2D eigenvalue weighted by Crippen LogP contribution is -2.46. The standard InChI is InChI=1S/C22H23N5OS/c1-15-18(16(2)28-25-15)12-26-8-10-27(11-9-26)21-20-19(17-6-4-3-5-7-17)13-29-22(20)24-14-23-21/h3-7,13-14H,8-12H2,1-2H3. The first-order valence-corrected chi connectivity index (χ1v) is 10.8. The molecule has 7 heteroatoms. The predicted octanol–water partition coefficient (Wildman–Crippen LogP) is 4.29. The molecule has 0 N–H and O–H groups in total. The minimum absolute atomic E-state index is 0.891. The molecule has 0 bridgehead atoms. The van der Waals surface area contributed by atoms with Gasteiger partial charge in [-0.1, -0.05) is 35.5 Å². The zero-order valence-electron chi connectivity index (χ0n) is 16.6. The Morgan fingerprint density at radius 3 is 2.55 bits per heavy atom. The first-order chi connectivity index (χ1) is 14.2. The molecular weight excluding hydrogens is 382 g/mol. The van der Waals surface area contributed by atoms with Crippen molar-refractivity contribution in [3.63, 3.8) is 0 Å². The van der Waals surface area contributed by atoms with E-state index >= 15 is 0 Å². The van der Waals surface area contributed by atoms with Crippen LogP contribution >= 0.6 is 11.3 Å². The highest BCUT2D eigenvalue weighted by atomic mass is 32.1. The number of thiophene rings is 1. The van der Waals surface area contributed by atoms with Crippen molar-refractivity contribution in [3.05, 3.63) is 59.1 Å². The molecule has 1 aliphatic rings. The fraction of sp³-hybridized carbons (Fsp3) is 0.318. The first kappa shape index (κ1) is 18.3. The van der Waals surface area contributed by atoms with Crippen molar-refractivity contribution < 1.29 is 4.52 Å². The van der Waals surface area contributed by atoms with Crippen molar-refractivity contribution in [2.75, 3.05) is 31.1 Å². The Bertz CT molecular complexity index is 1110. The van der Waals surface area contributed by atoms with Gasteiger partial charge in [-0.25, -0.2) is 9.97 Å². The number of aryl methyl sites for hydroxylation is 2. The molecule has 1 fully saturated rings. The molecule has 4 heterocycles. The first-order valence-electron chi connectivity index (χ1n) is 9.87. The molecule has 3 aromatic heterocycles. The summed E-state index contributed by atoms with van der Waals surface area (Å²) in [6.07, 6.45) is 1.69. The maximum absolute atomic E-state index is 5.32. The summed E-state index contributed by atoms with van der Waals surface area (Å²) in [5.74, 6) is 1.97. The molecule has 1 aliphatic heterocycles. The quantitative estimate of drug-likeness (QED) is 0.505. The molecule has 0 spiro atoms. The smallest absolute Gasteiger partial charge is 0.141 e. The van der Waals surface area contributed by atoms with Gasteiger partial charge in [-0.15, -0.1) is 11.3 Å². The molecule has 0 atom stereocenters. The third-order valence-electron chi connectivity index (χ3n) is 5.67. The second kappa shape index (κ2) is 7.57. The summed E-state index contributed by atoms with van der Waals surface area (Å²) in [5.41, 5.74) is 4.64. The Morgan fingerprint density at radius 1 is 1.03 bits per heavy atom. The van der Waals surface area contributed by atoms with E-state index in [0.717, 1.165) is 54.8 Å². The molecule has 1 saturated heterocycles. The number of piperazine rings is 1. The van der Waals surface area contributed by atoms with Gasteiger partial charge in [-0.3, -0.25) is 4.90 Å². The number of hydrogen-bond acceptors (Lipinski definition) is 7. The lowest BCUT2D eigenvalue weighted by atomic mass is 10.1. The number of rotatable bonds is 4. The van der Waals surface area contributed by atoms with Crippen molar-refractivity contribution in [1.29, 1.82) is 0 Å². The molecular formula is C22H23N5OS. The van der Waals surface area contributed by atoms with Crippen LogP contribution in [0.25, 0.3) is 21.3 Å². The molecule has 4 aromatic rings. The van der Waals surface area contributed by atoms with Crippen LogP contribution < -0.4 is 4.90 Å². The zero-order valence-corrected chi connectivity index (χ0v) is 17.4. The van der Waals surface area contributed by atoms with Crippen LogP contribution in [0.15, 0.2) is 46.6 Å². The lowest BCUT2D eigenvalue weighted by Gasteiger charge is -2.35. The maximum atomic E-state index is 5.32. The summed E-state index contributed by atoms with van der Waals surface area (Å²) < 4.78 is 5.32. The predicted molar refractivity (Wildman–Crippen MR) is 116 cm³/mol. The fourth-order valence-electron chi connectivity index (χ4n) is 4.00. The Hall–Kier alpha value is -2.77. The Morgan fingerprint density at radius 2 is 1.83 bits per heavy atom. The van der Waals surface area contributed by atoms with E-state index in [1.54, 1.807) is 17.7 Å². The third-order valence-corrected chi connectivity index (χ3v) is 6.56. The van der Waals surface area contributed by atoms with E-state index in [4.69, 9.17) is 9.51 Å². The van der Waals surface area contributed by atoms with Crippen LogP contribution in [0.1, 0.15) is 17.0 Å². The normalized spacial score (nSPS) is 15.3. The van der Waals surface area contributed by atoms with Gasteiger partial charge in [0.1, 0.15) is 22.7 Å². The fourth-order valence-corrected chi connectivity index (χ4v) is 4.91. The van der Waals surface area contributed by atoms with Crippen LogP contribution in [0.5, 0.6) is 0 Å². The van der Waals surface area contributed by atoms with Crippen LogP contribution in [0, 0.1) is 13.8 Å². The summed E-state index contributed by atoms with van der Waals surface area (Å²) in [5, 5.41) is 7.45. The van der Waals surface area contributed by atoms with E-state index in [0.29, 0.717) is 0 Å². The number of nitrogens with zero attached hydrogens (tertiary/aromatic N) is 5. The second-order valence-corrected chi connectivity index (χ2v) is 8.32. The molecule has 1 aromatic carbocycles. The molecule has 5 rings (SSSR count). The van der Waals surface area contributed by atoms with Crippen molar-refractivity contribution in [2.45, 2.75) is 20.4 Å². The molecule has 0 saturated carbocycles. The number of fused-ring (bicyclic) bond motifs is 1. The summed E-state index contributed by atoms with van der Waals surface area (Å²) in [6.45, 7) is 8.76. The topological polar surface area (TPSA) is 58.3 Å². The van der Waals surface area contributed by atoms with Gasteiger partial charge >= 0.3 is 0 Å². The summed E-state index contributed by atoms with van der Waals surface area (Å²) in [4.78, 5) is 15.1. The van der Waals surface area contributed by atoms with E-state index in [2.05, 4.69) is 49.6 Å². The minimum atomic E-state index is 0.891. The van der Waals surface area contributed by atoms with Crippen molar-refractivity contribution >= 4 is 27.4 Å². The van der Waals surface area contributed by atoms with E-state index in [1.165, 1.54) is 22.1 Å². The van der Waals surface area contributed by atoms with Crippen LogP contribution in [0.2, 0.25) is 0 Å². The van der Waals surface area contributed by atoms with Gasteiger partial charge in [0.15, 0.2) is 0 Å². The molecule has 0 radical (unpaired) electrons. The highest BCUT2D eigenvalue weighted by molar-refractivity contribution is 7.17. The number of hydrogen-bond donors (Lipinski definition) is 0. The van der Waals surface area contributed by atoms with E-state index in [9.17, 15) is 0 Å². The zero-order chi connectivity index (χ0) is 19.8. The number of anilines is 1. The highest BCUT2D eigenvalue weighted by Gasteiger charge is 2.23. The van der Waals surface area contributed by atoms with Crippen molar-refractivity contribution in [1.82, 2.24) is 20.0 Å². The van der Waals surface area contributed by atoms with Gasteiger partial charge in [0.2, 0.25) is 0 Å². The average Bonchev–Trinajstić information content (AvgIpc) is 3.33. The SMILES string of the molecule is Cc1noc(C)c1CN1CCN(c2ncnc3scc(-c4ccccc4)c23)CC1. The third kappa shape index (κ3) is 3.41. The van der Waals surface area contributed by atoms with E-state index in [-0.39, 0.29) is 0 Å². The summed E-state index contributed by atoms with van der Waals surface area (Å²) >= 11 is 1.69. The maximum Gasteiger partial charge on any atom is 0.141 e. The van der Waals surface area contributed by atoms with E-state index in [1.807, 2.05) is 19.9 Å². The van der Waals surface area contributed by atoms with Crippen LogP contribution in [-0.2, 0) is 6.54 Å². The van der Waals surface area contributed by atoms with Crippen LogP contribution in [0.4, 0.5) is 5.82 Å². The molecule has 0 amide bonds. The molecule has 6 nitrogen and oxygen atoms in total. The second-order valence-electron chi connectivity index (χ2n) is 7.46. The van der Waals surface area contributed by atoms with Crippen LogP contribution in [-0.4, -0.2) is 46.2 Å². The van der Waals surface area contributed by atoms with Crippen molar-refractivity contribution in [2.24, 2.45) is 0 Å². The molecule has 0 aliphatic carbocycles. The monoisotopic (exact) mass is 405 g/mol. The number of aromatic nitrogens is 3. The van der Waals surface area contributed by atoms with Gasteiger partial charge in [0.05, 0.1) is 11.1 Å². The number of benzene rings is 1. The van der Waals surface area contributed by atoms with Gasteiger partial charge in [-0.05, 0) is 19.4 Å².